The molecule has 0 spiro atoms. The SMILES string of the molecule is Fc1cccnc1N1C[C@H](c2ccc3c(c2)OCO3)[C@H]2[C@@H]1C1CCN2CC1. The Labute approximate surface area is 157 Å². The quantitative estimate of drug-likeness (QED) is 0.816. The van der Waals surface area contributed by atoms with Gasteiger partial charge in [0.15, 0.2) is 23.1 Å². The van der Waals surface area contributed by atoms with E-state index in [-0.39, 0.29) is 12.6 Å². The first-order valence-electron chi connectivity index (χ1n) is 9.80. The predicted molar refractivity (Wildman–Crippen MR) is 98.7 cm³/mol. The van der Waals surface area contributed by atoms with Gasteiger partial charge in [0.1, 0.15) is 0 Å². The molecule has 4 saturated heterocycles. The largest absolute Gasteiger partial charge is 0.454 e. The van der Waals surface area contributed by atoms with Gasteiger partial charge in [0.05, 0.1) is 0 Å². The monoisotopic (exact) mass is 367 g/mol. The molecule has 4 fully saturated rings. The first-order valence-corrected chi connectivity index (χ1v) is 9.80. The molecule has 6 heterocycles. The number of benzene rings is 1. The Morgan fingerprint density at radius 1 is 1.04 bits per heavy atom. The van der Waals surface area contributed by atoms with Crippen LogP contribution in [0.5, 0.6) is 11.5 Å². The van der Waals surface area contributed by atoms with Gasteiger partial charge in [-0.3, -0.25) is 4.90 Å². The van der Waals surface area contributed by atoms with Crippen molar-refractivity contribution in [2.75, 3.05) is 31.3 Å². The Morgan fingerprint density at radius 2 is 1.89 bits per heavy atom. The lowest BCUT2D eigenvalue weighted by atomic mass is 9.75. The van der Waals surface area contributed by atoms with Crippen molar-refractivity contribution in [1.29, 1.82) is 0 Å². The van der Waals surface area contributed by atoms with Crippen LogP contribution >= 0.6 is 0 Å². The standard InChI is InChI=1S/C21H22FN3O2/c22-16-2-1-7-23-21(16)25-11-15(14-3-4-17-18(10-14)27-12-26-17)20-19(25)13-5-8-24(20)9-6-13/h1-4,7,10,13,15,19-20H,5-6,8-9,11-12H2/t15-,19+,20+/m1/s1. The minimum atomic E-state index is -0.223. The molecule has 7 rings (SSSR count). The van der Waals surface area contributed by atoms with Crippen molar-refractivity contribution in [3.63, 3.8) is 0 Å². The maximum Gasteiger partial charge on any atom is 0.231 e. The number of ether oxygens (including phenoxy) is 2. The number of halogens is 1. The van der Waals surface area contributed by atoms with E-state index in [4.69, 9.17) is 9.47 Å². The molecule has 5 aliphatic heterocycles. The Balaban J connectivity index is 1.43. The highest BCUT2D eigenvalue weighted by Crippen LogP contribution is 2.49. The molecule has 3 atom stereocenters. The molecule has 5 nitrogen and oxygen atoms in total. The summed E-state index contributed by atoms with van der Waals surface area (Å²) >= 11 is 0. The summed E-state index contributed by atoms with van der Waals surface area (Å²) in [6.45, 7) is 3.36. The van der Waals surface area contributed by atoms with Crippen LogP contribution in [0.2, 0.25) is 0 Å². The van der Waals surface area contributed by atoms with Gasteiger partial charge in [0, 0.05) is 30.7 Å². The number of anilines is 1. The summed E-state index contributed by atoms with van der Waals surface area (Å²) in [6.07, 6.45) is 4.09. The molecule has 0 unspecified atom stereocenters. The number of aromatic nitrogens is 1. The van der Waals surface area contributed by atoms with Gasteiger partial charge in [0.2, 0.25) is 6.79 Å². The second-order valence-corrected chi connectivity index (χ2v) is 8.03. The summed E-state index contributed by atoms with van der Waals surface area (Å²) < 4.78 is 25.7. The van der Waals surface area contributed by atoms with Gasteiger partial charge in [-0.15, -0.1) is 0 Å². The van der Waals surface area contributed by atoms with Crippen molar-refractivity contribution in [2.24, 2.45) is 5.92 Å². The van der Waals surface area contributed by atoms with Crippen molar-refractivity contribution < 1.29 is 13.9 Å². The average molecular weight is 367 g/mol. The zero-order valence-electron chi connectivity index (χ0n) is 15.1. The molecule has 2 aromatic rings. The summed E-state index contributed by atoms with van der Waals surface area (Å²) in [6, 6.07) is 10.2. The van der Waals surface area contributed by atoms with Gasteiger partial charge < -0.3 is 14.4 Å². The second-order valence-electron chi connectivity index (χ2n) is 8.03. The highest BCUT2D eigenvalue weighted by Gasteiger charge is 2.54. The van der Waals surface area contributed by atoms with Crippen LogP contribution in [0.15, 0.2) is 36.5 Å². The van der Waals surface area contributed by atoms with Crippen molar-refractivity contribution in [2.45, 2.75) is 30.8 Å². The second kappa shape index (κ2) is 5.83. The zero-order chi connectivity index (χ0) is 18.0. The molecular formula is C21H22FN3O2. The normalized spacial score (nSPS) is 33.4. The molecule has 0 radical (unpaired) electrons. The summed E-state index contributed by atoms with van der Waals surface area (Å²) in [5.74, 6) is 2.84. The van der Waals surface area contributed by atoms with E-state index in [0.717, 1.165) is 31.1 Å². The number of fused-ring (bicyclic) bond motifs is 3. The van der Waals surface area contributed by atoms with E-state index in [0.29, 0.717) is 29.7 Å². The summed E-state index contributed by atoms with van der Waals surface area (Å²) in [5, 5.41) is 0. The summed E-state index contributed by atoms with van der Waals surface area (Å²) in [4.78, 5) is 9.26. The fraction of sp³-hybridized carbons (Fsp3) is 0.476. The molecule has 0 N–H and O–H groups in total. The third kappa shape index (κ3) is 2.29. The molecule has 0 saturated carbocycles. The van der Waals surface area contributed by atoms with Crippen molar-refractivity contribution in [3.05, 3.63) is 47.9 Å². The van der Waals surface area contributed by atoms with Crippen LogP contribution in [-0.4, -0.2) is 48.4 Å². The third-order valence-corrected chi connectivity index (χ3v) is 6.83. The van der Waals surface area contributed by atoms with Crippen molar-refractivity contribution >= 4 is 5.82 Å². The van der Waals surface area contributed by atoms with Crippen LogP contribution in [0.4, 0.5) is 10.2 Å². The molecule has 6 heteroatoms. The van der Waals surface area contributed by atoms with Gasteiger partial charge in [-0.2, -0.15) is 0 Å². The lowest BCUT2D eigenvalue weighted by molar-refractivity contribution is 0.0353. The number of piperidine rings is 3. The lowest BCUT2D eigenvalue weighted by Gasteiger charge is -2.51. The Morgan fingerprint density at radius 3 is 2.74 bits per heavy atom. The fourth-order valence-electron chi connectivity index (χ4n) is 5.69. The minimum Gasteiger partial charge on any atom is -0.454 e. The molecule has 0 amide bonds. The fourth-order valence-corrected chi connectivity index (χ4v) is 5.69. The van der Waals surface area contributed by atoms with Crippen molar-refractivity contribution in [3.8, 4) is 11.5 Å². The van der Waals surface area contributed by atoms with E-state index in [1.165, 1.54) is 24.5 Å². The maximum atomic E-state index is 14.6. The van der Waals surface area contributed by atoms with E-state index in [9.17, 15) is 4.39 Å². The topological polar surface area (TPSA) is 37.8 Å². The number of hydrogen-bond acceptors (Lipinski definition) is 5. The molecule has 1 aromatic heterocycles. The van der Waals surface area contributed by atoms with Crippen LogP contribution in [0.3, 0.4) is 0 Å². The van der Waals surface area contributed by atoms with Gasteiger partial charge in [-0.25, -0.2) is 9.37 Å². The van der Waals surface area contributed by atoms with Crippen LogP contribution in [-0.2, 0) is 0 Å². The van der Waals surface area contributed by atoms with Crippen LogP contribution in [0, 0.1) is 11.7 Å². The Kier molecular flexibility index (Phi) is 3.39. The molecule has 5 aliphatic rings. The highest BCUT2D eigenvalue weighted by molar-refractivity contribution is 5.51. The van der Waals surface area contributed by atoms with E-state index < -0.39 is 0 Å². The zero-order valence-corrected chi connectivity index (χ0v) is 15.1. The van der Waals surface area contributed by atoms with E-state index in [2.05, 4.69) is 26.9 Å². The van der Waals surface area contributed by atoms with Gasteiger partial charge in [0.25, 0.3) is 0 Å². The van der Waals surface area contributed by atoms with Gasteiger partial charge >= 0.3 is 0 Å². The van der Waals surface area contributed by atoms with Gasteiger partial charge in [-0.1, -0.05) is 6.07 Å². The van der Waals surface area contributed by atoms with E-state index in [1.807, 2.05) is 6.07 Å². The lowest BCUT2D eigenvalue weighted by Crippen LogP contribution is -2.60. The first kappa shape index (κ1) is 15.7. The molecule has 27 heavy (non-hydrogen) atoms. The summed E-state index contributed by atoms with van der Waals surface area (Å²) in [5.41, 5.74) is 1.25. The molecule has 0 aliphatic carbocycles. The minimum absolute atomic E-state index is 0.223. The number of pyridine rings is 1. The van der Waals surface area contributed by atoms with Crippen LogP contribution in [0.25, 0.3) is 0 Å². The molecular weight excluding hydrogens is 345 g/mol. The molecule has 2 bridgehead atoms. The van der Waals surface area contributed by atoms with Crippen LogP contribution < -0.4 is 14.4 Å². The number of nitrogens with zero attached hydrogens (tertiary/aromatic N) is 3. The summed E-state index contributed by atoms with van der Waals surface area (Å²) in [7, 11) is 0. The number of hydrogen-bond donors (Lipinski definition) is 0. The van der Waals surface area contributed by atoms with Crippen molar-refractivity contribution in [1.82, 2.24) is 9.88 Å². The Bertz CT molecular complexity index is 883. The van der Waals surface area contributed by atoms with Crippen LogP contribution in [0.1, 0.15) is 24.3 Å². The molecule has 1 aromatic carbocycles. The Hall–Kier alpha value is -2.34. The van der Waals surface area contributed by atoms with Gasteiger partial charge in [-0.05, 0) is 61.7 Å². The predicted octanol–water partition coefficient (Wildman–Crippen LogP) is 3.02. The third-order valence-electron chi connectivity index (χ3n) is 6.83. The smallest absolute Gasteiger partial charge is 0.231 e. The molecule has 140 valence electrons. The average Bonchev–Trinajstić information content (AvgIpc) is 3.34. The highest BCUT2D eigenvalue weighted by atomic mass is 19.1. The van der Waals surface area contributed by atoms with E-state index >= 15 is 0 Å². The van der Waals surface area contributed by atoms with E-state index in [1.54, 1.807) is 12.3 Å². The first-order chi connectivity index (χ1) is 13.3. The number of rotatable bonds is 2. The maximum absolute atomic E-state index is 14.6.